The summed E-state index contributed by atoms with van der Waals surface area (Å²) in [7, 11) is 0. The Kier molecular flexibility index (Phi) is 4.15. The zero-order valence-corrected chi connectivity index (χ0v) is 15.4. The van der Waals surface area contributed by atoms with Crippen LogP contribution in [0.15, 0.2) is 12.1 Å². The summed E-state index contributed by atoms with van der Waals surface area (Å²) in [5.74, 6) is -0.449. The molecule has 0 saturated carbocycles. The Morgan fingerprint density at radius 2 is 2.12 bits per heavy atom. The summed E-state index contributed by atoms with van der Waals surface area (Å²) in [6.45, 7) is 9.52. The topological polar surface area (TPSA) is 67.9 Å². The highest BCUT2D eigenvalue weighted by molar-refractivity contribution is 5.94. The number of carbonyl (C=O) groups excluding carboxylic acids is 2. The van der Waals surface area contributed by atoms with Crippen LogP contribution in [-0.4, -0.2) is 41.7 Å². The molecular formula is C19H26N2O4. The molecule has 136 valence electrons. The van der Waals surface area contributed by atoms with Gasteiger partial charge < -0.3 is 19.7 Å². The number of rotatable bonds is 1. The third kappa shape index (κ3) is 3.63. The van der Waals surface area contributed by atoms with Crippen LogP contribution < -0.4 is 5.32 Å². The first-order valence-corrected chi connectivity index (χ1v) is 8.57. The summed E-state index contributed by atoms with van der Waals surface area (Å²) < 4.78 is 18.5. The Morgan fingerprint density at radius 1 is 1.40 bits per heavy atom. The van der Waals surface area contributed by atoms with E-state index in [9.17, 15) is 9.59 Å². The normalized spacial score (nSPS) is 26.8. The highest BCUT2D eigenvalue weighted by Gasteiger charge is 2.33. The maximum absolute atomic E-state index is 12.5. The highest BCUT2D eigenvalue weighted by atomic mass is 16.6. The molecule has 2 aliphatic rings. The van der Waals surface area contributed by atoms with Crippen molar-refractivity contribution in [1.29, 1.82) is 0 Å². The van der Waals surface area contributed by atoms with E-state index < -0.39 is 18.2 Å². The van der Waals surface area contributed by atoms with Crippen LogP contribution >= 0.6 is 0 Å². The van der Waals surface area contributed by atoms with Gasteiger partial charge in [0.1, 0.15) is 12.2 Å². The maximum atomic E-state index is 12.5. The van der Waals surface area contributed by atoms with Gasteiger partial charge in [-0.2, -0.15) is 0 Å². The Labute approximate surface area is 149 Å². The van der Waals surface area contributed by atoms with Crippen LogP contribution in [0.25, 0.3) is 0 Å². The summed E-state index contributed by atoms with van der Waals surface area (Å²) in [6, 6.07) is 3.60. The lowest BCUT2D eigenvalue weighted by Crippen LogP contribution is -2.54. The van der Waals surface area contributed by atoms with Crippen LogP contribution in [0.1, 0.15) is 62.2 Å². The molecule has 1 saturated heterocycles. The van der Waals surface area contributed by atoms with Crippen LogP contribution in [0.2, 0.25) is 0 Å². The summed E-state index contributed by atoms with van der Waals surface area (Å²) in [6.07, 6.45) is -0.327. The van der Waals surface area contributed by atoms with Crippen molar-refractivity contribution < 1.29 is 20.4 Å². The second kappa shape index (κ2) is 6.33. The minimum absolute atomic E-state index is 0.0959. The van der Waals surface area contributed by atoms with Gasteiger partial charge in [-0.3, -0.25) is 0 Å². The van der Waals surface area contributed by atoms with Crippen molar-refractivity contribution in [2.75, 3.05) is 13.1 Å². The zero-order valence-electron chi connectivity index (χ0n) is 16.4. The second-order valence-corrected chi connectivity index (χ2v) is 7.77. The third-order valence-electron chi connectivity index (χ3n) is 4.47. The third-order valence-corrected chi connectivity index (χ3v) is 4.47. The number of nitrogens with one attached hydrogen (secondary N) is 1. The minimum atomic E-state index is -0.986. The second-order valence-electron chi connectivity index (χ2n) is 7.77. The van der Waals surface area contributed by atoms with E-state index in [4.69, 9.17) is 10.8 Å². The van der Waals surface area contributed by atoms with Crippen molar-refractivity contribution in [3.8, 4) is 0 Å². The molecule has 3 atom stereocenters. The highest BCUT2D eigenvalue weighted by Crippen LogP contribution is 2.31. The van der Waals surface area contributed by atoms with E-state index >= 15 is 0 Å². The van der Waals surface area contributed by atoms with Gasteiger partial charge >= 0.3 is 12.1 Å². The molecule has 0 bridgehead atoms. The fourth-order valence-electron chi connectivity index (χ4n) is 3.37. The van der Waals surface area contributed by atoms with Crippen molar-refractivity contribution in [3.05, 3.63) is 34.4 Å². The number of hydrogen-bond donors (Lipinski definition) is 1. The van der Waals surface area contributed by atoms with Crippen LogP contribution in [0.4, 0.5) is 4.79 Å². The monoisotopic (exact) mass is 347 g/mol. The van der Waals surface area contributed by atoms with Gasteiger partial charge in [0.05, 0.1) is 13.0 Å². The summed E-state index contributed by atoms with van der Waals surface area (Å²) in [5.41, 5.74) is 2.37. The Bertz CT molecular complexity index is 744. The van der Waals surface area contributed by atoms with Gasteiger partial charge in [-0.15, -0.1) is 0 Å². The molecule has 0 aromatic heterocycles. The van der Waals surface area contributed by atoms with E-state index in [-0.39, 0.29) is 18.2 Å². The Balaban J connectivity index is 1.86. The van der Waals surface area contributed by atoms with Crippen molar-refractivity contribution in [2.45, 2.75) is 58.9 Å². The lowest BCUT2D eigenvalue weighted by Gasteiger charge is -2.39. The number of fused-ring (bicyclic) bond motifs is 1. The quantitative estimate of drug-likeness (QED) is 0.791. The minimum Gasteiger partial charge on any atom is -0.457 e. The molecule has 2 heterocycles. The molecule has 0 spiro atoms. The van der Waals surface area contributed by atoms with E-state index in [1.807, 2.05) is 40.7 Å². The van der Waals surface area contributed by atoms with Crippen LogP contribution in [0.5, 0.6) is 0 Å². The van der Waals surface area contributed by atoms with Crippen LogP contribution in [0, 0.1) is 6.92 Å². The average Bonchev–Trinajstić information content (AvgIpc) is 2.80. The van der Waals surface area contributed by atoms with Gasteiger partial charge in [0.2, 0.25) is 0 Å². The smallest absolute Gasteiger partial charge is 0.410 e. The fourth-order valence-corrected chi connectivity index (χ4v) is 3.37. The van der Waals surface area contributed by atoms with Crippen molar-refractivity contribution in [3.63, 3.8) is 0 Å². The van der Waals surface area contributed by atoms with Gasteiger partial charge in [0.25, 0.3) is 0 Å². The van der Waals surface area contributed by atoms with E-state index in [2.05, 4.69) is 5.32 Å². The summed E-state index contributed by atoms with van der Waals surface area (Å²) in [5, 5.41) is 3.50. The maximum Gasteiger partial charge on any atom is 0.410 e. The van der Waals surface area contributed by atoms with Gasteiger partial charge in [-0.05, 0) is 51.8 Å². The molecule has 0 radical (unpaired) electrons. The molecule has 6 heteroatoms. The fraction of sp³-hybridized carbons (Fsp3) is 0.579. The number of carbonyl (C=O) groups is 2. The molecule has 6 nitrogen and oxygen atoms in total. The lowest BCUT2D eigenvalue weighted by molar-refractivity contribution is 0.0158. The molecule has 1 fully saturated rings. The van der Waals surface area contributed by atoms with E-state index in [0.717, 1.165) is 11.1 Å². The zero-order chi connectivity index (χ0) is 19.2. The van der Waals surface area contributed by atoms with Gasteiger partial charge in [0, 0.05) is 24.7 Å². The molecule has 2 aliphatic heterocycles. The number of piperazine rings is 1. The first kappa shape index (κ1) is 16.4. The van der Waals surface area contributed by atoms with Crippen molar-refractivity contribution >= 4 is 12.1 Å². The number of amides is 1. The number of ether oxygens (including phenoxy) is 2. The number of cyclic esters (lactones) is 1. The average molecular weight is 347 g/mol. The van der Waals surface area contributed by atoms with Crippen molar-refractivity contribution in [2.24, 2.45) is 0 Å². The molecule has 1 aromatic rings. The van der Waals surface area contributed by atoms with Crippen molar-refractivity contribution in [1.82, 2.24) is 10.2 Å². The predicted octanol–water partition coefficient (Wildman–Crippen LogP) is 2.94. The number of esters is 1. The molecule has 1 N–H and O–H groups in total. The Morgan fingerprint density at radius 3 is 2.80 bits per heavy atom. The summed E-state index contributed by atoms with van der Waals surface area (Å²) in [4.78, 5) is 26.0. The first-order chi connectivity index (χ1) is 12.1. The van der Waals surface area contributed by atoms with Gasteiger partial charge in [-0.25, -0.2) is 9.59 Å². The SMILES string of the molecule is [2H]C1OC(=O)c2ccc([C@@H]3CN(C(=O)OC(C)(C)C)C[C@H](C)N3)c(C)c21. The van der Waals surface area contributed by atoms with Crippen LogP contribution in [0.3, 0.4) is 0 Å². The number of benzene rings is 1. The molecule has 3 rings (SSSR count). The molecule has 0 aliphatic carbocycles. The number of nitrogens with zero attached hydrogens (tertiary/aromatic N) is 1. The number of hydrogen-bond acceptors (Lipinski definition) is 5. The molecular weight excluding hydrogens is 320 g/mol. The standard InChI is InChI=1S/C19H26N2O4/c1-11-8-21(18(23)25-19(3,4)5)9-16(20-11)13-6-7-14-15(12(13)2)10-24-17(14)22/h6-7,11,16,20H,8-10H2,1-5H3/t11-,16-/m0/s1/i10D/t10?,11-,16-. The summed E-state index contributed by atoms with van der Waals surface area (Å²) >= 11 is 0. The molecule has 25 heavy (non-hydrogen) atoms. The van der Waals surface area contributed by atoms with Gasteiger partial charge in [-0.1, -0.05) is 6.07 Å². The van der Waals surface area contributed by atoms with Crippen LogP contribution in [-0.2, 0) is 16.1 Å². The lowest BCUT2D eigenvalue weighted by atomic mass is 9.92. The van der Waals surface area contributed by atoms with E-state index in [1.54, 1.807) is 11.0 Å². The molecule has 1 aromatic carbocycles. The molecule has 1 unspecified atom stereocenters. The predicted molar refractivity (Wildman–Crippen MR) is 93.4 cm³/mol. The van der Waals surface area contributed by atoms with E-state index in [1.165, 1.54) is 0 Å². The Hall–Kier alpha value is -2.08. The van der Waals surface area contributed by atoms with Gasteiger partial charge in [0.15, 0.2) is 0 Å². The largest absolute Gasteiger partial charge is 0.457 e. The van der Waals surface area contributed by atoms with E-state index in [0.29, 0.717) is 24.2 Å². The molecule has 1 amide bonds. The first-order valence-electron chi connectivity index (χ1n) is 9.15.